The molecule has 2 N–H and O–H groups in total. The van der Waals surface area contributed by atoms with E-state index >= 15 is 0 Å². The van der Waals surface area contributed by atoms with Crippen LogP contribution in [0, 0.1) is 5.41 Å². The molecule has 1 aliphatic carbocycles. The van der Waals surface area contributed by atoms with Crippen molar-refractivity contribution in [2.24, 2.45) is 5.41 Å². The standard InChI is InChI=1S/C21H24N4OS.ClH/c26-20(11-18-16-3-1-2-4-17(16)23-24-18)25(13-15-5-10-27-14-15)19-12-21(19)6-8-22-9-7-21;/h1-5,10,14,19,22H,6-9,11-13H2,(H,23,24);1H. The SMILES string of the molecule is Cl.O=C(Cc1[nH]nc2ccccc12)N(Cc1ccsc1)C1CC12CCNCC2. The number of aromatic amines is 1. The third-order valence-corrected chi connectivity index (χ3v) is 6.98. The van der Waals surface area contributed by atoms with E-state index in [1.54, 1.807) is 11.3 Å². The second-order valence-corrected chi connectivity index (χ2v) is 8.66. The first-order valence-corrected chi connectivity index (χ1v) is 10.6. The van der Waals surface area contributed by atoms with Crippen LogP contribution < -0.4 is 5.32 Å². The van der Waals surface area contributed by atoms with Crippen molar-refractivity contribution in [1.82, 2.24) is 20.4 Å². The van der Waals surface area contributed by atoms with Gasteiger partial charge in [0.2, 0.25) is 5.91 Å². The Morgan fingerprint density at radius 2 is 2.07 bits per heavy atom. The predicted octanol–water partition coefficient (Wildman–Crippen LogP) is 3.76. The summed E-state index contributed by atoms with van der Waals surface area (Å²) >= 11 is 1.70. The average Bonchev–Trinajstić information content (AvgIpc) is 3.07. The van der Waals surface area contributed by atoms with E-state index in [2.05, 4.69) is 37.2 Å². The van der Waals surface area contributed by atoms with Gasteiger partial charge in [0.15, 0.2) is 0 Å². The number of amides is 1. The molecule has 1 amide bonds. The molecular weight excluding hydrogens is 392 g/mol. The largest absolute Gasteiger partial charge is 0.334 e. The summed E-state index contributed by atoms with van der Waals surface area (Å²) in [5.41, 5.74) is 3.42. The zero-order chi connectivity index (χ0) is 18.3. The molecule has 0 bridgehead atoms. The highest BCUT2D eigenvalue weighted by molar-refractivity contribution is 7.07. The minimum Gasteiger partial charge on any atom is -0.334 e. The quantitative estimate of drug-likeness (QED) is 0.665. The summed E-state index contributed by atoms with van der Waals surface area (Å²) in [4.78, 5) is 15.5. The van der Waals surface area contributed by atoms with Gasteiger partial charge in [0.05, 0.1) is 17.6 Å². The number of piperidine rings is 1. The Morgan fingerprint density at radius 3 is 2.86 bits per heavy atom. The second kappa shape index (κ2) is 7.85. The molecule has 1 unspecified atom stereocenters. The van der Waals surface area contributed by atoms with Crippen LogP contribution in [0.25, 0.3) is 10.9 Å². The molecule has 3 aromatic rings. The van der Waals surface area contributed by atoms with Gasteiger partial charge in [0.1, 0.15) is 0 Å². The highest BCUT2D eigenvalue weighted by atomic mass is 35.5. The van der Waals surface area contributed by atoms with Crippen LogP contribution in [0.5, 0.6) is 0 Å². The summed E-state index contributed by atoms with van der Waals surface area (Å²) in [5, 5.41) is 16.2. The first kappa shape index (κ1) is 19.4. The lowest BCUT2D eigenvalue weighted by atomic mass is 9.93. The fourth-order valence-corrected chi connectivity index (χ4v) is 5.24. The summed E-state index contributed by atoms with van der Waals surface area (Å²) in [5.74, 6) is 0.205. The number of halogens is 1. The zero-order valence-electron chi connectivity index (χ0n) is 15.7. The fourth-order valence-electron chi connectivity index (χ4n) is 4.58. The molecule has 1 aliphatic heterocycles. The summed E-state index contributed by atoms with van der Waals surface area (Å²) in [6.45, 7) is 2.86. The molecule has 1 atom stereocenters. The molecule has 5 rings (SSSR count). The maximum atomic E-state index is 13.4. The van der Waals surface area contributed by atoms with Crippen molar-refractivity contribution < 1.29 is 4.79 Å². The van der Waals surface area contributed by atoms with Crippen LogP contribution >= 0.6 is 23.7 Å². The molecule has 28 heavy (non-hydrogen) atoms. The molecule has 1 aromatic carbocycles. The van der Waals surface area contributed by atoms with Crippen LogP contribution in [0.2, 0.25) is 0 Å². The molecule has 148 valence electrons. The van der Waals surface area contributed by atoms with Crippen LogP contribution in [0.4, 0.5) is 0 Å². The van der Waals surface area contributed by atoms with E-state index in [9.17, 15) is 4.79 Å². The number of nitrogens with zero attached hydrogens (tertiary/aromatic N) is 2. The first-order valence-electron chi connectivity index (χ1n) is 9.68. The van der Waals surface area contributed by atoms with E-state index in [0.29, 0.717) is 24.4 Å². The van der Waals surface area contributed by atoms with Gasteiger partial charge in [0, 0.05) is 18.0 Å². The van der Waals surface area contributed by atoms with Crippen LogP contribution in [-0.2, 0) is 17.8 Å². The number of carbonyl (C=O) groups is 1. The zero-order valence-corrected chi connectivity index (χ0v) is 17.3. The second-order valence-electron chi connectivity index (χ2n) is 7.88. The highest BCUT2D eigenvalue weighted by Gasteiger charge is 2.57. The maximum absolute atomic E-state index is 13.4. The van der Waals surface area contributed by atoms with Crippen molar-refractivity contribution in [3.63, 3.8) is 0 Å². The molecule has 1 spiro atoms. The summed E-state index contributed by atoms with van der Waals surface area (Å²) in [7, 11) is 0. The molecule has 1 saturated heterocycles. The lowest BCUT2D eigenvalue weighted by Gasteiger charge is -2.29. The maximum Gasteiger partial charge on any atom is 0.229 e. The van der Waals surface area contributed by atoms with Gasteiger partial charge in [-0.15, -0.1) is 12.4 Å². The molecule has 1 saturated carbocycles. The van der Waals surface area contributed by atoms with Crippen molar-refractivity contribution in [2.45, 2.75) is 38.3 Å². The summed E-state index contributed by atoms with van der Waals surface area (Å²) in [6, 6.07) is 10.5. The van der Waals surface area contributed by atoms with E-state index in [4.69, 9.17) is 0 Å². The summed E-state index contributed by atoms with van der Waals surface area (Å²) in [6.07, 6.45) is 3.89. The number of aromatic nitrogens is 2. The van der Waals surface area contributed by atoms with Gasteiger partial charge in [-0.05, 0) is 66.2 Å². The van der Waals surface area contributed by atoms with Crippen molar-refractivity contribution in [3.8, 4) is 0 Å². The topological polar surface area (TPSA) is 61.0 Å². The number of benzene rings is 1. The Labute approximate surface area is 174 Å². The van der Waals surface area contributed by atoms with Gasteiger partial charge in [0.25, 0.3) is 0 Å². The van der Waals surface area contributed by atoms with Crippen LogP contribution in [0.1, 0.15) is 30.5 Å². The number of rotatable bonds is 5. The normalized spacial score (nSPS) is 20.1. The minimum absolute atomic E-state index is 0. The van der Waals surface area contributed by atoms with Crippen molar-refractivity contribution >= 4 is 40.6 Å². The molecule has 5 nitrogen and oxygen atoms in total. The summed E-state index contributed by atoms with van der Waals surface area (Å²) < 4.78 is 0. The van der Waals surface area contributed by atoms with Crippen molar-refractivity contribution in [3.05, 3.63) is 52.3 Å². The van der Waals surface area contributed by atoms with E-state index < -0.39 is 0 Å². The Kier molecular flexibility index (Phi) is 5.45. The molecule has 2 fully saturated rings. The molecule has 2 aromatic heterocycles. The average molecular weight is 417 g/mol. The number of para-hydroxylation sites is 1. The molecular formula is C21H25ClN4OS. The fraction of sp³-hybridized carbons (Fsp3) is 0.429. The van der Waals surface area contributed by atoms with Gasteiger partial charge in [-0.3, -0.25) is 9.89 Å². The predicted molar refractivity (Wildman–Crippen MR) is 115 cm³/mol. The smallest absolute Gasteiger partial charge is 0.229 e. The van der Waals surface area contributed by atoms with Gasteiger partial charge < -0.3 is 10.2 Å². The number of thiophene rings is 1. The van der Waals surface area contributed by atoms with Crippen LogP contribution in [-0.4, -0.2) is 40.1 Å². The monoisotopic (exact) mass is 416 g/mol. The van der Waals surface area contributed by atoms with Gasteiger partial charge in [-0.25, -0.2) is 0 Å². The Bertz CT molecular complexity index is 948. The molecule has 0 radical (unpaired) electrons. The van der Waals surface area contributed by atoms with Crippen molar-refractivity contribution in [2.75, 3.05) is 13.1 Å². The molecule has 3 heterocycles. The number of H-pyrrole nitrogens is 1. The third kappa shape index (κ3) is 3.56. The number of hydrogen-bond donors (Lipinski definition) is 2. The number of fused-ring (bicyclic) bond motifs is 1. The number of hydrogen-bond acceptors (Lipinski definition) is 4. The lowest BCUT2D eigenvalue weighted by molar-refractivity contribution is -0.132. The van der Waals surface area contributed by atoms with Gasteiger partial charge in [-0.1, -0.05) is 18.2 Å². The Balaban J connectivity index is 0.00000192. The van der Waals surface area contributed by atoms with E-state index in [1.165, 1.54) is 18.4 Å². The van der Waals surface area contributed by atoms with E-state index in [-0.39, 0.29) is 18.3 Å². The Morgan fingerprint density at radius 1 is 1.25 bits per heavy atom. The van der Waals surface area contributed by atoms with Gasteiger partial charge in [-0.2, -0.15) is 16.4 Å². The first-order chi connectivity index (χ1) is 13.3. The minimum atomic E-state index is 0. The third-order valence-electron chi connectivity index (χ3n) is 6.24. The Hall–Kier alpha value is -1.89. The van der Waals surface area contributed by atoms with Crippen LogP contribution in [0.3, 0.4) is 0 Å². The molecule has 2 aliphatic rings. The number of carbonyl (C=O) groups excluding carboxylic acids is 1. The number of nitrogens with one attached hydrogen (secondary N) is 2. The van der Waals surface area contributed by atoms with Gasteiger partial charge >= 0.3 is 0 Å². The van der Waals surface area contributed by atoms with E-state index in [0.717, 1.165) is 36.1 Å². The van der Waals surface area contributed by atoms with Crippen LogP contribution in [0.15, 0.2) is 41.1 Å². The lowest BCUT2D eigenvalue weighted by Crippen LogP contribution is -2.39. The highest BCUT2D eigenvalue weighted by Crippen LogP contribution is 2.56. The van der Waals surface area contributed by atoms with Crippen molar-refractivity contribution in [1.29, 1.82) is 0 Å². The molecule has 7 heteroatoms. The van der Waals surface area contributed by atoms with E-state index in [1.807, 2.05) is 24.3 Å².